The van der Waals surface area contributed by atoms with E-state index < -0.39 is 23.2 Å². The van der Waals surface area contributed by atoms with E-state index in [0.29, 0.717) is 37.8 Å². The van der Waals surface area contributed by atoms with Crippen LogP contribution in [0.1, 0.15) is 21.5 Å². The van der Waals surface area contributed by atoms with Crippen molar-refractivity contribution in [3.8, 4) is 6.07 Å². The number of carboxylic acid groups (broad SMARTS) is 1. The van der Waals surface area contributed by atoms with Gasteiger partial charge in [-0.05, 0) is 18.2 Å². The summed E-state index contributed by atoms with van der Waals surface area (Å²) in [4.78, 5) is 15.1. The number of hydrogen-bond donors (Lipinski definition) is 1. The fraction of sp³-hybridized carbons (Fsp3) is 0.263. The maximum Gasteiger partial charge on any atom is 0.338 e. The maximum atomic E-state index is 14.0. The summed E-state index contributed by atoms with van der Waals surface area (Å²) in [6, 6.07) is 11.2. The number of nitrogens with zero attached hydrogens (tertiary/aromatic N) is 3. The van der Waals surface area contributed by atoms with E-state index in [1.165, 1.54) is 0 Å². The van der Waals surface area contributed by atoms with Gasteiger partial charge in [0, 0.05) is 44.4 Å². The minimum absolute atomic E-state index is 0.162. The average Bonchev–Trinajstić information content (AvgIpc) is 2.64. The monoisotopic (exact) mass is 357 g/mol. The van der Waals surface area contributed by atoms with Gasteiger partial charge in [0.2, 0.25) is 0 Å². The minimum Gasteiger partial charge on any atom is -0.478 e. The van der Waals surface area contributed by atoms with E-state index in [4.69, 9.17) is 5.11 Å². The molecule has 0 spiro atoms. The molecule has 0 aliphatic carbocycles. The molecular weight excluding hydrogens is 340 g/mol. The fourth-order valence-corrected chi connectivity index (χ4v) is 3.11. The minimum atomic E-state index is -1.42. The number of halogens is 2. The summed E-state index contributed by atoms with van der Waals surface area (Å²) in [6.45, 7) is 2.78. The second-order valence-electron chi connectivity index (χ2n) is 6.12. The van der Waals surface area contributed by atoms with E-state index in [2.05, 4.69) is 11.0 Å². The Morgan fingerprint density at radius 1 is 1.12 bits per heavy atom. The Morgan fingerprint density at radius 3 is 2.46 bits per heavy atom. The quantitative estimate of drug-likeness (QED) is 0.911. The third-order valence-corrected chi connectivity index (χ3v) is 4.50. The average molecular weight is 357 g/mol. The van der Waals surface area contributed by atoms with Crippen LogP contribution >= 0.6 is 0 Å². The molecule has 0 amide bonds. The molecule has 0 aromatic heterocycles. The highest BCUT2D eigenvalue weighted by molar-refractivity contribution is 5.88. The van der Waals surface area contributed by atoms with Crippen LogP contribution in [0.5, 0.6) is 0 Å². The second-order valence-corrected chi connectivity index (χ2v) is 6.12. The molecule has 134 valence electrons. The summed E-state index contributed by atoms with van der Waals surface area (Å²) in [5.41, 5.74) is 1.12. The van der Waals surface area contributed by atoms with Crippen molar-refractivity contribution in [2.75, 3.05) is 31.1 Å². The zero-order valence-electron chi connectivity index (χ0n) is 14.0. The molecule has 3 rings (SSSR count). The van der Waals surface area contributed by atoms with Crippen LogP contribution in [0.15, 0.2) is 36.4 Å². The van der Waals surface area contributed by atoms with Crippen molar-refractivity contribution in [3.63, 3.8) is 0 Å². The van der Waals surface area contributed by atoms with Crippen LogP contribution in [0.3, 0.4) is 0 Å². The number of rotatable bonds is 4. The predicted molar refractivity (Wildman–Crippen MR) is 92.0 cm³/mol. The Labute approximate surface area is 149 Å². The Kier molecular flexibility index (Phi) is 5.14. The SMILES string of the molecule is N#Cc1ccccc1N1CCN(Cc2cc(C(=O)O)c(F)cc2F)CC1. The van der Waals surface area contributed by atoms with E-state index >= 15 is 0 Å². The Hall–Kier alpha value is -2.98. The highest BCUT2D eigenvalue weighted by Gasteiger charge is 2.21. The van der Waals surface area contributed by atoms with E-state index in [1.54, 1.807) is 6.07 Å². The third-order valence-electron chi connectivity index (χ3n) is 4.50. The molecule has 1 aliphatic rings. The predicted octanol–water partition coefficient (Wildman–Crippen LogP) is 2.86. The number of nitriles is 1. The van der Waals surface area contributed by atoms with Gasteiger partial charge in [-0.1, -0.05) is 12.1 Å². The molecule has 0 unspecified atom stereocenters. The molecule has 2 aromatic rings. The summed E-state index contributed by atoms with van der Waals surface area (Å²) < 4.78 is 27.5. The van der Waals surface area contributed by atoms with E-state index in [-0.39, 0.29) is 12.1 Å². The standard InChI is InChI=1S/C19H17F2N3O2/c20-16-10-17(21)15(19(25)26)9-14(16)12-23-5-7-24(8-6-23)18-4-2-1-3-13(18)11-22/h1-4,9-10H,5-8,12H2,(H,25,26). The van der Waals surface area contributed by atoms with Gasteiger partial charge in [0.05, 0.1) is 16.8 Å². The number of anilines is 1. The molecular formula is C19H17F2N3O2. The summed E-state index contributed by atoms with van der Waals surface area (Å²) >= 11 is 0. The number of carboxylic acids is 1. The first-order chi connectivity index (χ1) is 12.5. The van der Waals surface area contributed by atoms with Crippen molar-refractivity contribution in [1.29, 1.82) is 5.26 Å². The molecule has 1 fully saturated rings. The number of piperazine rings is 1. The van der Waals surface area contributed by atoms with E-state index in [1.807, 2.05) is 23.1 Å². The maximum absolute atomic E-state index is 14.0. The summed E-state index contributed by atoms with van der Waals surface area (Å²) in [7, 11) is 0. The molecule has 0 radical (unpaired) electrons. The van der Waals surface area contributed by atoms with Gasteiger partial charge in [-0.3, -0.25) is 4.90 Å². The molecule has 1 saturated heterocycles. The van der Waals surface area contributed by atoms with Gasteiger partial charge in [0.1, 0.15) is 17.7 Å². The van der Waals surface area contributed by atoms with Gasteiger partial charge in [0.15, 0.2) is 0 Å². The smallest absolute Gasteiger partial charge is 0.338 e. The Morgan fingerprint density at radius 2 is 1.81 bits per heavy atom. The van der Waals surface area contributed by atoms with Gasteiger partial charge >= 0.3 is 5.97 Å². The van der Waals surface area contributed by atoms with Gasteiger partial charge in [-0.25, -0.2) is 13.6 Å². The molecule has 0 atom stereocenters. The molecule has 0 bridgehead atoms. The van der Waals surface area contributed by atoms with E-state index in [0.717, 1.165) is 11.8 Å². The van der Waals surface area contributed by atoms with Crippen molar-refractivity contribution in [2.45, 2.75) is 6.54 Å². The van der Waals surface area contributed by atoms with Crippen molar-refractivity contribution in [3.05, 3.63) is 64.7 Å². The molecule has 26 heavy (non-hydrogen) atoms. The first-order valence-electron chi connectivity index (χ1n) is 8.17. The highest BCUT2D eigenvalue weighted by Crippen LogP contribution is 2.22. The van der Waals surface area contributed by atoms with Crippen LogP contribution in [-0.4, -0.2) is 42.2 Å². The lowest BCUT2D eigenvalue weighted by Gasteiger charge is -2.36. The largest absolute Gasteiger partial charge is 0.478 e. The molecule has 0 saturated carbocycles. The number of aromatic carboxylic acids is 1. The summed E-state index contributed by atoms with van der Waals surface area (Å²) in [6.07, 6.45) is 0. The zero-order chi connectivity index (χ0) is 18.7. The lowest BCUT2D eigenvalue weighted by atomic mass is 10.1. The summed E-state index contributed by atoms with van der Waals surface area (Å²) in [5.74, 6) is -3.23. The number of benzene rings is 2. The number of hydrogen-bond acceptors (Lipinski definition) is 4. The zero-order valence-corrected chi connectivity index (χ0v) is 14.0. The molecule has 1 heterocycles. The highest BCUT2D eigenvalue weighted by atomic mass is 19.1. The first-order valence-corrected chi connectivity index (χ1v) is 8.17. The van der Waals surface area contributed by atoms with Gasteiger partial charge in [0.25, 0.3) is 0 Å². The van der Waals surface area contributed by atoms with E-state index in [9.17, 15) is 18.8 Å². The van der Waals surface area contributed by atoms with Crippen LogP contribution in [0.2, 0.25) is 0 Å². The van der Waals surface area contributed by atoms with Crippen LogP contribution < -0.4 is 4.90 Å². The van der Waals surface area contributed by atoms with Crippen LogP contribution in [-0.2, 0) is 6.54 Å². The van der Waals surface area contributed by atoms with Crippen molar-refractivity contribution >= 4 is 11.7 Å². The van der Waals surface area contributed by atoms with Crippen molar-refractivity contribution in [1.82, 2.24) is 4.90 Å². The molecule has 5 nitrogen and oxygen atoms in total. The van der Waals surface area contributed by atoms with Gasteiger partial charge in [-0.15, -0.1) is 0 Å². The topological polar surface area (TPSA) is 67.6 Å². The lowest BCUT2D eigenvalue weighted by molar-refractivity contribution is 0.0691. The number of para-hydroxylation sites is 1. The second kappa shape index (κ2) is 7.50. The molecule has 1 aliphatic heterocycles. The normalized spacial score (nSPS) is 14.9. The lowest BCUT2D eigenvalue weighted by Crippen LogP contribution is -2.46. The third kappa shape index (κ3) is 3.65. The van der Waals surface area contributed by atoms with Gasteiger partial charge in [-0.2, -0.15) is 5.26 Å². The van der Waals surface area contributed by atoms with Crippen LogP contribution in [0, 0.1) is 23.0 Å². The summed E-state index contributed by atoms with van der Waals surface area (Å²) in [5, 5.41) is 18.2. The number of carbonyl (C=O) groups is 1. The van der Waals surface area contributed by atoms with Crippen molar-refractivity contribution < 1.29 is 18.7 Å². The molecule has 2 aromatic carbocycles. The first kappa shape index (κ1) is 17.8. The van der Waals surface area contributed by atoms with Gasteiger partial charge < -0.3 is 10.0 Å². The Balaban J connectivity index is 1.69. The van der Waals surface area contributed by atoms with Crippen LogP contribution in [0.25, 0.3) is 0 Å². The van der Waals surface area contributed by atoms with Crippen LogP contribution in [0.4, 0.5) is 14.5 Å². The Bertz CT molecular complexity index is 872. The van der Waals surface area contributed by atoms with Crippen molar-refractivity contribution in [2.24, 2.45) is 0 Å². The molecule has 7 heteroatoms. The molecule has 1 N–H and O–H groups in total. The fourth-order valence-electron chi connectivity index (χ4n) is 3.11.